The highest BCUT2D eigenvalue weighted by molar-refractivity contribution is 5.14. The van der Waals surface area contributed by atoms with E-state index >= 15 is 0 Å². The van der Waals surface area contributed by atoms with E-state index in [9.17, 15) is 0 Å². The van der Waals surface area contributed by atoms with E-state index in [2.05, 4.69) is 54.4 Å². The molecule has 1 aromatic rings. The van der Waals surface area contributed by atoms with E-state index in [0.29, 0.717) is 0 Å². The van der Waals surface area contributed by atoms with Gasteiger partial charge in [-0.25, -0.2) is 0 Å². The lowest BCUT2D eigenvalue weighted by Gasteiger charge is -2.35. The molecule has 0 bridgehead atoms. The second-order valence-electron chi connectivity index (χ2n) is 5.79. The lowest BCUT2D eigenvalue weighted by molar-refractivity contribution is 0.137. The van der Waals surface area contributed by atoms with Crippen LogP contribution in [0.5, 0.6) is 0 Å². The van der Waals surface area contributed by atoms with Crippen LogP contribution >= 0.6 is 0 Å². The fourth-order valence-electron chi connectivity index (χ4n) is 2.80. The number of hydrogen-bond acceptors (Lipinski definition) is 2. The molecule has 2 nitrogen and oxygen atoms in total. The molecule has 0 atom stereocenters. The molecule has 0 amide bonds. The Labute approximate surface area is 125 Å². The smallest absolute Gasteiger partial charge is 0.0236 e. The van der Waals surface area contributed by atoms with Gasteiger partial charge in [0.15, 0.2) is 0 Å². The predicted octanol–water partition coefficient (Wildman–Crippen LogP) is 3.92. The Balaban J connectivity index is 0.000000956. The maximum Gasteiger partial charge on any atom is 0.0236 e. The van der Waals surface area contributed by atoms with Crippen LogP contribution in [0.15, 0.2) is 30.3 Å². The third-order valence-electron chi connectivity index (χ3n) is 3.65. The quantitative estimate of drug-likeness (QED) is 0.877. The zero-order chi connectivity index (χ0) is 14.8. The maximum absolute atomic E-state index is 3.46. The van der Waals surface area contributed by atoms with Crippen molar-refractivity contribution in [2.45, 2.75) is 53.1 Å². The first kappa shape index (κ1) is 17.2. The fourth-order valence-corrected chi connectivity index (χ4v) is 2.80. The zero-order valence-corrected chi connectivity index (χ0v) is 13.7. The molecule has 1 aliphatic rings. The molecule has 0 unspecified atom stereocenters. The molecule has 1 N–H and O–H groups in total. The Hall–Kier alpha value is -0.860. The van der Waals surface area contributed by atoms with Crippen molar-refractivity contribution in [2.24, 2.45) is 5.92 Å². The van der Waals surface area contributed by atoms with Gasteiger partial charge in [-0.1, -0.05) is 58.0 Å². The molecule has 1 saturated heterocycles. The summed E-state index contributed by atoms with van der Waals surface area (Å²) in [7, 11) is 0. The van der Waals surface area contributed by atoms with E-state index in [-0.39, 0.29) is 0 Å². The van der Waals surface area contributed by atoms with Crippen LogP contribution in [0.4, 0.5) is 0 Å². The van der Waals surface area contributed by atoms with E-state index in [1.54, 1.807) is 0 Å². The van der Waals surface area contributed by atoms with Gasteiger partial charge in [-0.15, -0.1) is 0 Å². The molecule has 1 aliphatic heterocycles. The molecule has 1 heterocycles. The summed E-state index contributed by atoms with van der Waals surface area (Å²) in [5.41, 5.74) is 1.44. The van der Waals surface area contributed by atoms with Gasteiger partial charge < -0.3 is 5.32 Å². The summed E-state index contributed by atoms with van der Waals surface area (Å²) in [6.07, 6.45) is 2.58. The van der Waals surface area contributed by atoms with Gasteiger partial charge in [0, 0.05) is 19.1 Å². The third-order valence-corrected chi connectivity index (χ3v) is 3.65. The second-order valence-corrected chi connectivity index (χ2v) is 5.79. The van der Waals surface area contributed by atoms with Crippen LogP contribution in [0.2, 0.25) is 0 Å². The molecule has 0 radical (unpaired) electrons. The van der Waals surface area contributed by atoms with Gasteiger partial charge >= 0.3 is 0 Å². The minimum Gasteiger partial charge on any atom is -0.317 e. The van der Waals surface area contributed by atoms with E-state index in [4.69, 9.17) is 0 Å². The molecule has 0 saturated carbocycles. The van der Waals surface area contributed by atoms with Crippen molar-refractivity contribution >= 4 is 0 Å². The van der Waals surface area contributed by atoms with Crippen molar-refractivity contribution in [3.05, 3.63) is 35.9 Å². The molecule has 20 heavy (non-hydrogen) atoms. The maximum atomic E-state index is 3.46. The molecule has 2 heteroatoms. The van der Waals surface area contributed by atoms with Crippen LogP contribution in [-0.4, -0.2) is 30.6 Å². The molecule has 114 valence electrons. The van der Waals surface area contributed by atoms with E-state index in [1.807, 2.05) is 13.8 Å². The Bertz CT molecular complexity index is 329. The summed E-state index contributed by atoms with van der Waals surface area (Å²) in [4.78, 5) is 2.68. The van der Waals surface area contributed by atoms with E-state index in [1.165, 1.54) is 38.0 Å². The van der Waals surface area contributed by atoms with Crippen molar-refractivity contribution in [3.8, 4) is 0 Å². The first-order valence-corrected chi connectivity index (χ1v) is 8.24. The normalized spacial score (nSPS) is 16.1. The zero-order valence-electron chi connectivity index (χ0n) is 13.7. The monoisotopic (exact) mass is 276 g/mol. The van der Waals surface area contributed by atoms with Gasteiger partial charge in [0.05, 0.1) is 0 Å². The van der Waals surface area contributed by atoms with Crippen LogP contribution in [0.25, 0.3) is 0 Å². The average molecular weight is 276 g/mol. The largest absolute Gasteiger partial charge is 0.317 e. The van der Waals surface area contributed by atoms with E-state index < -0.39 is 0 Å². The first-order chi connectivity index (χ1) is 9.75. The Morgan fingerprint density at radius 2 is 1.70 bits per heavy atom. The number of nitrogens with one attached hydrogen (secondary N) is 1. The highest BCUT2D eigenvalue weighted by Gasteiger charge is 2.21. The summed E-state index contributed by atoms with van der Waals surface area (Å²) < 4.78 is 0. The summed E-state index contributed by atoms with van der Waals surface area (Å²) in [5.74, 6) is 0.739. The number of benzene rings is 1. The number of piperidine rings is 1. The fraction of sp³-hybridized carbons (Fsp3) is 0.667. The Morgan fingerprint density at radius 3 is 2.25 bits per heavy atom. The SMILES string of the molecule is CC.CC(C)CN(Cc1ccccc1)C1CCNCC1. The molecule has 0 spiro atoms. The lowest BCUT2D eigenvalue weighted by Crippen LogP contribution is -2.44. The molecule has 2 rings (SSSR count). The Morgan fingerprint density at radius 1 is 1.10 bits per heavy atom. The number of hydrogen-bond donors (Lipinski definition) is 1. The number of nitrogens with zero attached hydrogens (tertiary/aromatic N) is 1. The van der Waals surface area contributed by atoms with Crippen LogP contribution in [0.3, 0.4) is 0 Å². The van der Waals surface area contributed by atoms with Gasteiger partial charge in [-0.05, 0) is 37.4 Å². The average Bonchev–Trinajstić information content (AvgIpc) is 2.50. The minimum atomic E-state index is 0.739. The van der Waals surface area contributed by atoms with Crippen molar-refractivity contribution in [1.29, 1.82) is 0 Å². The lowest BCUT2D eigenvalue weighted by atomic mass is 10.0. The van der Waals surface area contributed by atoms with Crippen molar-refractivity contribution in [3.63, 3.8) is 0 Å². The standard InChI is InChI=1S/C16H26N2.C2H6/c1-14(2)12-18(16-8-10-17-11-9-16)13-15-6-4-3-5-7-15;1-2/h3-7,14,16-17H,8-13H2,1-2H3;1-2H3. The highest BCUT2D eigenvalue weighted by atomic mass is 15.2. The van der Waals surface area contributed by atoms with Crippen LogP contribution in [-0.2, 0) is 6.54 Å². The molecular formula is C18H32N2. The molecule has 0 aromatic heterocycles. The van der Waals surface area contributed by atoms with Gasteiger partial charge in [0.2, 0.25) is 0 Å². The molecule has 1 aromatic carbocycles. The Kier molecular flexibility index (Phi) is 8.56. The van der Waals surface area contributed by atoms with Crippen molar-refractivity contribution < 1.29 is 0 Å². The first-order valence-electron chi connectivity index (χ1n) is 8.24. The summed E-state index contributed by atoms with van der Waals surface area (Å²) >= 11 is 0. The van der Waals surface area contributed by atoms with Crippen LogP contribution < -0.4 is 5.32 Å². The minimum absolute atomic E-state index is 0.739. The van der Waals surface area contributed by atoms with Crippen molar-refractivity contribution in [1.82, 2.24) is 10.2 Å². The van der Waals surface area contributed by atoms with Gasteiger partial charge in [-0.3, -0.25) is 4.90 Å². The summed E-state index contributed by atoms with van der Waals surface area (Å²) in [5, 5.41) is 3.46. The summed E-state index contributed by atoms with van der Waals surface area (Å²) in [6.45, 7) is 13.3. The molecular weight excluding hydrogens is 244 g/mol. The van der Waals surface area contributed by atoms with Crippen LogP contribution in [0, 0.1) is 5.92 Å². The van der Waals surface area contributed by atoms with Crippen molar-refractivity contribution in [2.75, 3.05) is 19.6 Å². The number of rotatable bonds is 5. The van der Waals surface area contributed by atoms with Gasteiger partial charge in [0.25, 0.3) is 0 Å². The van der Waals surface area contributed by atoms with Crippen LogP contribution in [0.1, 0.15) is 46.1 Å². The predicted molar refractivity (Wildman–Crippen MR) is 88.9 cm³/mol. The second kappa shape index (κ2) is 9.95. The highest BCUT2D eigenvalue weighted by Crippen LogP contribution is 2.17. The molecule has 0 aliphatic carbocycles. The summed E-state index contributed by atoms with van der Waals surface area (Å²) in [6, 6.07) is 11.6. The van der Waals surface area contributed by atoms with Gasteiger partial charge in [0.1, 0.15) is 0 Å². The van der Waals surface area contributed by atoms with E-state index in [0.717, 1.165) is 18.5 Å². The molecule has 1 fully saturated rings. The third kappa shape index (κ3) is 6.06. The van der Waals surface area contributed by atoms with Gasteiger partial charge in [-0.2, -0.15) is 0 Å². The topological polar surface area (TPSA) is 15.3 Å².